The molecule has 0 aliphatic rings. The van der Waals surface area contributed by atoms with Crippen molar-refractivity contribution in [3.05, 3.63) is 94.5 Å². The van der Waals surface area contributed by atoms with Gasteiger partial charge in [0.1, 0.15) is 0 Å². The van der Waals surface area contributed by atoms with Crippen LogP contribution in [0.25, 0.3) is 5.69 Å². The molecule has 34 heavy (non-hydrogen) atoms. The molecule has 0 aliphatic heterocycles. The standard InChI is InChI=1S/C25H26N6O2S/c1-17-22(15-30(2)3)34-25(28-17)29-24(33)20-6-4-5-18(13-20)14-27-23(32)19-7-9-21(10-8-19)31-12-11-26-16-31/h4-13,16H,14-15H2,1-3H3,(H,27,32)(H,28,29,33). The summed E-state index contributed by atoms with van der Waals surface area (Å²) in [6, 6.07) is 14.5. The Bertz CT molecular complexity index is 1280. The summed E-state index contributed by atoms with van der Waals surface area (Å²) in [4.78, 5) is 37.0. The predicted molar refractivity (Wildman–Crippen MR) is 133 cm³/mol. The number of hydrogen-bond acceptors (Lipinski definition) is 6. The molecule has 2 N–H and O–H groups in total. The van der Waals surface area contributed by atoms with E-state index in [1.165, 1.54) is 11.3 Å². The molecule has 2 aromatic carbocycles. The molecule has 0 unspecified atom stereocenters. The zero-order valence-electron chi connectivity index (χ0n) is 19.3. The molecule has 0 saturated heterocycles. The third kappa shape index (κ3) is 5.75. The first kappa shape index (κ1) is 23.3. The Morgan fingerprint density at radius 1 is 1.06 bits per heavy atom. The van der Waals surface area contributed by atoms with Crippen molar-refractivity contribution >= 4 is 28.3 Å². The van der Waals surface area contributed by atoms with Crippen LogP contribution in [0.1, 0.15) is 36.9 Å². The molecule has 0 spiro atoms. The number of nitrogens with zero attached hydrogens (tertiary/aromatic N) is 4. The van der Waals surface area contributed by atoms with Gasteiger partial charge in [-0.3, -0.25) is 14.9 Å². The van der Waals surface area contributed by atoms with Crippen molar-refractivity contribution in [3.8, 4) is 5.69 Å². The minimum absolute atomic E-state index is 0.182. The highest BCUT2D eigenvalue weighted by Crippen LogP contribution is 2.24. The first-order valence-corrected chi connectivity index (χ1v) is 11.6. The van der Waals surface area contributed by atoms with Crippen LogP contribution in [0, 0.1) is 6.92 Å². The molecule has 0 atom stereocenters. The van der Waals surface area contributed by atoms with Crippen molar-refractivity contribution in [1.29, 1.82) is 0 Å². The number of aromatic nitrogens is 3. The van der Waals surface area contributed by atoms with Crippen molar-refractivity contribution in [2.75, 3.05) is 19.4 Å². The maximum atomic E-state index is 12.7. The zero-order chi connectivity index (χ0) is 24.1. The Balaban J connectivity index is 1.36. The van der Waals surface area contributed by atoms with E-state index in [1.807, 2.05) is 50.0 Å². The average molecular weight is 475 g/mol. The first-order chi connectivity index (χ1) is 16.4. The highest BCUT2D eigenvalue weighted by Gasteiger charge is 2.13. The van der Waals surface area contributed by atoms with E-state index in [2.05, 4.69) is 25.5 Å². The molecule has 4 aromatic rings. The number of benzene rings is 2. The number of thiazole rings is 1. The second kappa shape index (κ2) is 10.4. The Morgan fingerprint density at radius 3 is 2.56 bits per heavy atom. The van der Waals surface area contributed by atoms with E-state index in [0.717, 1.165) is 28.4 Å². The lowest BCUT2D eigenvalue weighted by atomic mass is 10.1. The third-order valence-electron chi connectivity index (χ3n) is 5.15. The molecule has 0 bridgehead atoms. The first-order valence-electron chi connectivity index (χ1n) is 10.8. The Labute approximate surface area is 202 Å². The summed E-state index contributed by atoms with van der Waals surface area (Å²) in [5, 5.41) is 6.37. The lowest BCUT2D eigenvalue weighted by Crippen LogP contribution is -2.23. The minimum atomic E-state index is -0.228. The number of anilines is 1. The van der Waals surface area contributed by atoms with Crippen LogP contribution in [0.5, 0.6) is 0 Å². The molecular formula is C25H26N6O2S. The van der Waals surface area contributed by atoms with Gasteiger partial charge in [-0.15, -0.1) is 11.3 Å². The van der Waals surface area contributed by atoms with Gasteiger partial charge in [-0.1, -0.05) is 12.1 Å². The fourth-order valence-electron chi connectivity index (χ4n) is 3.39. The molecule has 0 saturated carbocycles. The van der Waals surface area contributed by atoms with Crippen LogP contribution in [0.15, 0.2) is 67.3 Å². The van der Waals surface area contributed by atoms with E-state index >= 15 is 0 Å². The van der Waals surface area contributed by atoms with Crippen molar-refractivity contribution < 1.29 is 9.59 Å². The van der Waals surface area contributed by atoms with Crippen molar-refractivity contribution in [1.82, 2.24) is 24.8 Å². The predicted octanol–water partition coefficient (Wildman–Crippen LogP) is 3.88. The summed E-state index contributed by atoms with van der Waals surface area (Å²) < 4.78 is 1.87. The van der Waals surface area contributed by atoms with Crippen molar-refractivity contribution in [2.45, 2.75) is 20.0 Å². The largest absolute Gasteiger partial charge is 0.348 e. The minimum Gasteiger partial charge on any atom is -0.348 e. The van der Waals surface area contributed by atoms with Crippen LogP contribution in [-0.4, -0.2) is 45.3 Å². The molecular weight excluding hydrogens is 448 g/mol. The van der Waals surface area contributed by atoms with Gasteiger partial charge in [0, 0.05) is 47.2 Å². The highest BCUT2D eigenvalue weighted by atomic mass is 32.1. The third-order valence-corrected chi connectivity index (χ3v) is 6.20. The molecule has 0 aliphatic carbocycles. The van der Waals surface area contributed by atoms with Gasteiger partial charge in [-0.05, 0) is 63.0 Å². The molecule has 0 radical (unpaired) electrons. The number of amides is 2. The average Bonchev–Trinajstić information content (AvgIpc) is 3.48. The summed E-state index contributed by atoms with van der Waals surface area (Å²) in [6.45, 7) is 3.03. The highest BCUT2D eigenvalue weighted by molar-refractivity contribution is 7.15. The number of imidazole rings is 1. The molecule has 8 nitrogen and oxygen atoms in total. The fourth-order valence-corrected chi connectivity index (χ4v) is 4.46. The van der Waals surface area contributed by atoms with Crippen molar-refractivity contribution in [3.63, 3.8) is 0 Å². The van der Waals surface area contributed by atoms with Crippen LogP contribution >= 0.6 is 11.3 Å². The summed E-state index contributed by atoms with van der Waals surface area (Å²) >= 11 is 1.48. The van der Waals surface area contributed by atoms with Gasteiger partial charge in [-0.25, -0.2) is 9.97 Å². The molecule has 174 valence electrons. The molecule has 4 rings (SSSR count). The van der Waals surface area contributed by atoms with Crippen LogP contribution in [0.2, 0.25) is 0 Å². The Morgan fingerprint density at radius 2 is 1.85 bits per heavy atom. The Kier molecular flexibility index (Phi) is 7.15. The molecule has 2 amide bonds. The quantitative estimate of drug-likeness (QED) is 0.404. The topological polar surface area (TPSA) is 92.2 Å². The monoisotopic (exact) mass is 474 g/mol. The van der Waals surface area contributed by atoms with Gasteiger partial charge in [0.2, 0.25) is 0 Å². The van der Waals surface area contributed by atoms with Crippen LogP contribution in [0.4, 0.5) is 5.13 Å². The van der Waals surface area contributed by atoms with Gasteiger partial charge < -0.3 is 14.8 Å². The van der Waals surface area contributed by atoms with Gasteiger partial charge in [0.15, 0.2) is 5.13 Å². The van der Waals surface area contributed by atoms with E-state index in [1.54, 1.807) is 42.9 Å². The summed E-state index contributed by atoms with van der Waals surface area (Å²) in [5.74, 6) is -0.410. The number of carbonyl (C=O) groups excluding carboxylic acids is 2. The SMILES string of the molecule is Cc1nc(NC(=O)c2cccc(CNC(=O)c3ccc(-n4ccnc4)cc3)c2)sc1CN(C)C. The fraction of sp³-hybridized carbons (Fsp3) is 0.200. The molecule has 2 aromatic heterocycles. The number of carbonyl (C=O) groups is 2. The number of aryl methyl sites for hydroxylation is 1. The summed E-state index contributed by atoms with van der Waals surface area (Å²) in [7, 11) is 4.00. The maximum absolute atomic E-state index is 12.7. The normalized spacial score (nSPS) is 10.9. The van der Waals surface area contributed by atoms with E-state index < -0.39 is 0 Å². The zero-order valence-corrected chi connectivity index (χ0v) is 20.1. The number of hydrogen-bond donors (Lipinski definition) is 2. The smallest absolute Gasteiger partial charge is 0.257 e. The van der Waals surface area contributed by atoms with Crippen molar-refractivity contribution in [2.24, 2.45) is 0 Å². The molecule has 9 heteroatoms. The number of rotatable bonds is 8. The van der Waals surface area contributed by atoms with E-state index in [-0.39, 0.29) is 11.8 Å². The van der Waals surface area contributed by atoms with Crippen LogP contribution < -0.4 is 10.6 Å². The summed E-state index contributed by atoms with van der Waals surface area (Å²) in [6.07, 6.45) is 5.25. The molecule has 0 fully saturated rings. The maximum Gasteiger partial charge on any atom is 0.257 e. The molecule has 2 heterocycles. The van der Waals surface area contributed by atoms with Gasteiger partial charge in [-0.2, -0.15) is 0 Å². The van der Waals surface area contributed by atoms with Gasteiger partial charge >= 0.3 is 0 Å². The second-order valence-electron chi connectivity index (χ2n) is 8.12. The van der Waals surface area contributed by atoms with Gasteiger partial charge in [0.25, 0.3) is 11.8 Å². The van der Waals surface area contributed by atoms with E-state index in [4.69, 9.17) is 0 Å². The Hall–Kier alpha value is -3.82. The second-order valence-corrected chi connectivity index (χ2v) is 9.20. The van der Waals surface area contributed by atoms with Crippen LogP contribution in [-0.2, 0) is 13.1 Å². The van der Waals surface area contributed by atoms with E-state index in [0.29, 0.717) is 22.8 Å². The van der Waals surface area contributed by atoms with Gasteiger partial charge in [0.05, 0.1) is 12.0 Å². The van der Waals surface area contributed by atoms with E-state index in [9.17, 15) is 9.59 Å². The van der Waals surface area contributed by atoms with Crippen LogP contribution in [0.3, 0.4) is 0 Å². The lowest BCUT2D eigenvalue weighted by Gasteiger charge is -2.08. The number of nitrogens with one attached hydrogen (secondary N) is 2. The summed E-state index contributed by atoms with van der Waals surface area (Å²) in [5.41, 5.74) is 3.75. The lowest BCUT2D eigenvalue weighted by molar-refractivity contribution is 0.0950.